The van der Waals surface area contributed by atoms with Gasteiger partial charge in [-0.25, -0.2) is 24.5 Å². The smallest absolute Gasteiger partial charge is 0.410 e. The number of piperidine rings is 2. The van der Waals surface area contributed by atoms with Crippen molar-refractivity contribution >= 4 is 66.1 Å². The Morgan fingerprint density at radius 3 is 1.88 bits per heavy atom. The summed E-state index contributed by atoms with van der Waals surface area (Å²) in [5.41, 5.74) is 12.3. The molecule has 0 saturated carbocycles. The van der Waals surface area contributed by atoms with Crippen LogP contribution in [0.25, 0.3) is 28.1 Å². The Kier molecular flexibility index (Phi) is 27.7. The number of nitrogen functional groups attached to an aromatic ring is 1. The number of hydrogen-bond acceptors (Lipinski definition) is 16. The molecule has 10 rings (SSSR count). The summed E-state index contributed by atoms with van der Waals surface area (Å²) >= 11 is 0. The van der Waals surface area contributed by atoms with Crippen molar-refractivity contribution in [1.82, 2.24) is 34.5 Å². The van der Waals surface area contributed by atoms with E-state index in [1.54, 1.807) is 12.1 Å². The number of ether oxygens (including phenoxy) is 4. The van der Waals surface area contributed by atoms with Crippen molar-refractivity contribution in [3.05, 3.63) is 178 Å². The van der Waals surface area contributed by atoms with E-state index in [-0.39, 0.29) is 64.2 Å². The number of H-pyrrole nitrogens is 1. The van der Waals surface area contributed by atoms with Crippen molar-refractivity contribution in [3.63, 3.8) is 0 Å². The van der Waals surface area contributed by atoms with Gasteiger partial charge in [0.1, 0.15) is 48.0 Å². The molecule has 0 bridgehead atoms. The molecule has 1 atom stereocenters. The predicted molar refractivity (Wildman–Crippen MR) is 347 cm³/mol. The number of nitrogens with two attached hydrogens (primary N) is 1. The Hall–Kier alpha value is -9.24. The fourth-order valence-corrected chi connectivity index (χ4v) is 9.13. The van der Waals surface area contributed by atoms with Crippen LogP contribution < -0.4 is 15.2 Å². The van der Waals surface area contributed by atoms with Crippen LogP contribution in [0.3, 0.4) is 0 Å². The molecule has 467 valence electrons. The maximum absolute atomic E-state index is 12.6. The minimum atomic E-state index is -0.551. The number of nitro groups is 1. The van der Waals surface area contributed by atoms with Gasteiger partial charge in [0.05, 0.1) is 23.2 Å². The van der Waals surface area contributed by atoms with E-state index in [0.717, 1.165) is 102 Å². The summed E-state index contributed by atoms with van der Waals surface area (Å²) in [5.74, 6) is 2.72. The highest BCUT2D eigenvalue weighted by Crippen LogP contribution is 2.31. The molecular weight excluding hydrogens is 1120 g/mol. The van der Waals surface area contributed by atoms with Gasteiger partial charge in [-0.05, 0) is 126 Å². The molecule has 20 nitrogen and oxygen atoms in total. The zero-order valence-electron chi connectivity index (χ0n) is 49.0. The lowest BCUT2D eigenvalue weighted by Gasteiger charge is -2.34. The number of ketones is 1. The van der Waals surface area contributed by atoms with Gasteiger partial charge in [0, 0.05) is 73.7 Å². The summed E-state index contributed by atoms with van der Waals surface area (Å²) in [5, 5.41) is 10.8. The molecule has 1 radical (unpaired) electrons. The number of anilines is 1. The highest BCUT2D eigenvalue weighted by atomic mass is 16.6. The van der Waals surface area contributed by atoms with Crippen LogP contribution in [-0.2, 0) is 32.3 Å². The van der Waals surface area contributed by atoms with Gasteiger partial charge in [-0.2, -0.15) is 0 Å². The van der Waals surface area contributed by atoms with Crippen LogP contribution in [0, 0.1) is 10.1 Å². The standard InChI is InChI=1S/C29H32N4O3.C14H12O2.C11H12BN4O3.C10H17NO3.3CH4/c1-29(2,3)36-28(34)33-15-7-8-22(18-33)23-16-25-27(30-17-23)32-26(31-25)21-13-11-20(12-14-21)19-35-24-9-5-4-6-10-24;15-10-12-6-8-13(9-7-12)11-16-14-4-2-1-3-5-14;13-11-10(16(18)19)4-9(5-14-11)8-2-1-3-15(6-8)12-7-17;1-10(2,3)14-9(13)11-6-4-5-8(12)7-11;;;/h4-6,9-14,16-17,22H,7-8,15,18-19H2,1-3H3,(H,30,31,32);1-10H,11H2;2,4-5,7H,1,3,6H2,(H2,13,14);4-7H2,1-3H3;3*1H4. The summed E-state index contributed by atoms with van der Waals surface area (Å²) in [6.45, 7) is 15.6. The number of rotatable bonds is 13. The monoisotopic (exact) mass is 1200 g/mol. The molecule has 2 fully saturated rings. The third-order valence-electron chi connectivity index (χ3n) is 13.4. The minimum absolute atomic E-state index is 0. The Balaban J connectivity index is 0.000000270. The molecule has 7 aromatic rings. The van der Waals surface area contributed by atoms with Crippen molar-refractivity contribution in [1.29, 1.82) is 0 Å². The molecule has 3 aromatic heterocycles. The van der Waals surface area contributed by atoms with Crippen molar-refractivity contribution < 1.29 is 47.8 Å². The molecule has 4 aromatic carbocycles. The second-order valence-corrected chi connectivity index (χ2v) is 22.5. The lowest BCUT2D eigenvalue weighted by Crippen LogP contribution is -2.43. The van der Waals surface area contributed by atoms with Crippen LogP contribution in [0.2, 0.25) is 0 Å². The van der Waals surface area contributed by atoms with E-state index in [0.29, 0.717) is 56.0 Å². The summed E-state index contributed by atoms with van der Waals surface area (Å²) in [6, 6.07) is 38.5. The molecule has 3 N–H and O–H groups in total. The zero-order chi connectivity index (χ0) is 60.9. The number of aromatic nitrogens is 4. The first-order valence-corrected chi connectivity index (χ1v) is 28.2. The van der Waals surface area contributed by atoms with Crippen molar-refractivity contribution in [2.75, 3.05) is 45.0 Å². The summed E-state index contributed by atoms with van der Waals surface area (Å²) in [6.07, 6.45) is 10.4. The Labute approximate surface area is 518 Å². The lowest BCUT2D eigenvalue weighted by atomic mass is 9.89. The van der Waals surface area contributed by atoms with Crippen LogP contribution in [0.1, 0.15) is 134 Å². The molecular formula is C67H85BN9O11. The first kappa shape index (κ1) is 71.2. The maximum atomic E-state index is 12.6. The van der Waals surface area contributed by atoms with E-state index < -0.39 is 16.1 Å². The number of likely N-dealkylation sites (tertiary alicyclic amines) is 2. The summed E-state index contributed by atoms with van der Waals surface area (Å²) in [4.78, 5) is 88.1. The van der Waals surface area contributed by atoms with Crippen molar-refractivity contribution in [2.24, 2.45) is 0 Å². The van der Waals surface area contributed by atoms with Gasteiger partial charge >= 0.3 is 17.9 Å². The number of imidazole rings is 1. The average Bonchev–Trinajstić information content (AvgIpc) is 1.86. The highest BCUT2D eigenvalue weighted by molar-refractivity contribution is 6.64. The van der Waals surface area contributed by atoms with E-state index in [2.05, 4.69) is 33.2 Å². The second kappa shape index (κ2) is 34.2. The minimum Gasteiger partial charge on any atom is -0.489 e. The molecule has 3 aliphatic heterocycles. The van der Waals surface area contributed by atoms with Crippen LogP contribution in [0.4, 0.5) is 21.1 Å². The third-order valence-corrected chi connectivity index (χ3v) is 13.4. The van der Waals surface area contributed by atoms with Gasteiger partial charge in [0.15, 0.2) is 11.4 Å². The topological polar surface area (TPSA) is 256 Å². The van der Waals surface area contributed by atoms with Gasteiger partial charge in [-0.3, -0.25) is 19.7 Å². The first-order valence-electron chi connectivity index (χ1n) is 28.2. The number of carbonyl (C=O) groups excluding carboxylic acids is 5. The largest absolute Gasteiger partial charge is 0.489 e. The van der Waals surface area contributed by atoms with Gasteiger partial charge in [0.2, 0.25) is 5.82 Å². The Morgan fingerprint density at radius 2 is 1.32 bits per heavy atom. The summed E-state index contributed by atoms with van der Waals surface area (Å²) < 4.78 is 22.2. The van der Waals surface area contributed by atoms with E-state index in [4.69, 9.17) is 29.7 Å². The number of fused-ring (bicyclic) bond motifs is 1. The molecule has 21 heteroatoms. The van der Waals surface area contributed by atoms with Crippen LogP contribution in [0.5, 0.6) is 11.5 Å². The summed E-state index contributed by atoms with van der Waals surface area (Å²) in [7, 11) is 1.46. The van der Waals surface area contributed by atoms with Crippen LogP contribution >= 0.6 is 0 Å². The van der Waals surface area contributed by atoms with Crippen LogP contribution in [0.15, 0.2) is 140 Å². The fraction of sp³-hybridized carbons (Fsp3) is 0.373. The van der Waals surface area contributed by atoms with E-state index >= 15 is 0 Å². The number of nitrogens with zero attached hydrogens (tertiary/aromatic N) is 7. The van der Waals surface area contributed by atoms with Gasteiger partial charge < -0.3 is 49.1 Å². The number of aldehydes is 1. The number of pyridine rings is 2. The van der Waals surface area contributed by atoms with Crippen molar-refractivity contribution in [3.8, 4) is 22.9 Å². The number of amides is 2. The molecule has 3 aliphatic rings. The van der Waals surface area contributed by atoms with Gasteiger partial charge in [-0.15, -0.1) is 0 Å². The Bertz CT molecular complexity index is 3390. The van der Waals surface area contributed by atoms with E-state index in [1.807, 2.05) is 148 Å². The lowest BCUT2D eigenvalue weighted by molar-refractivity contribution is -0.384. The normalized spacial score (nSPS) is 14.7. The molecule has 0 spiro atoms. The number of nitrogens with one attached hydrogen (secondary N) is 1. The SMILES string of the molecule is C.C.C.CC(C)(C)OC(=O)N1CCCC(=O)C1.CC(C)(C)OC(=O)N1CCCC(c2cnc3nc(-c4ccc(COc5ccccc5)cc4)[nH]c3c2)C1.Nc1ncc(C2=CCCN([B]C=O)C2)cc1[N+](=O)[O-].O=Cc1ccc(COc2ccccc2)cc1. The molecule has 6 heterocycles. The third kappa shape index (κ3) is 22.6. The quantitative estimate of drug-likeness (QED) is 0.0471. The first-order chi connectivity index (χ1) is 40.7. The highest BCUT2D eigenvalue weighted by Gasteiger charge is 2.30. The molecule has 88 heavy (non-hydrogen) atoms. The molecule has 2 saturated heterocycles. The van der Waals surface area contributed by atoms with E-state index in [1.165, 1.54) is 24.6 Å². The van der Waals surface area contributed by atoms with Gasteiger partial charge in [-0.1, -0.05) is 113 Å². The molecule has 2 amide bonds. The van der Waals surface area contributed by atoms with E-state index in [9.17, 15) is 34.1 Å². The molecule has 1 unspecified atom stereocenters. The fourth-order valence-electron chi connectivity index (χ4n) is 9.13. The van der Waals surface area contributed by atoms with Gasteiger partial charge in [0.25, 0.3) is 7.41 Å². The Morgan fingerprint density at radius 1 is 0.739 bits per heavy atom. The zero-order valence-corrected chi connectivity index (χ0v) is 49.0. The number of aromatic amines is 1. The molecule has 0 aliphatic carbocycles. The average molecular weight is 1200 g/mol. The number of Topliss-reactive ketones (excluding diaryl/α,β-unsaturated/α-hetero) is 1. The second-order valence-electron chi connectivity index (χ2n) is 22.5. The van der Waals surface area contributed by atoms with Crippen molar-refractivity contribution in [2.45, 2.75) is 126 Å². The predicted octanol–water partition coefficient (Wildman–Crippen LogP) is 13.4. The number of benzene rings is 4. The maximum Gasteiger partial charge on any atom is 0.410 e. The van der Waals surface area contributed by atoms with Crippen LogP contribution in [-0.4, -0.2) is 128 Å². The number of para-hydroxylation sites is 2. The number of hydrogen-bond donors (Lipinski definition) is 2. The number of carbonyl (C=O) groups is 5.